The van der Waals surface area contributed by atoms with Crippen LogP contribution in [0.5, 0.6) is 11.5 Å². The third-order valence-corrected chi connectivity index (χ3v) is 7.31. The molecule has 194 valence electrons. The SMILES string of the molecule is CCCNCc1ccc(-c2cc3nccc(Oc4ccc(CC(=O)CC5=NCC(C)=C5)cc4F)c3s2)nc1. The van der Waals surface area contributed by atoms with Crippen LogP contribution < -0.4 is 10.1 Å². The van der Waals surface area contributed by atoms with Crippen LogP contribution in [0.1, 0.15) is 37.8 Å². The number of allylic oxidation sites excluding steroid dienone is 1. The standard InChI is InChI=1S/C30H29FN4O2S/c1-3-9-32-17-21-4-6-25(35-18-21)29-15-26-30(38-29)28(8-10-33-26)37-27-7-5-20(13-24(27)31)12-23(36)14-22-11-19(2)16-34-22/h4-8,10-11,13,15,18,32H,3,9,12,14,16-17H2,1-2H3. The minimum Gasteiger partial charge on any atom is -0.453 e. The molecular formula is C30H29FN4O2S. The van der Waals surface area contributed by atoms with Crippen molar-refractivity contribution < 1.29 is 13.9 Å². The van der Waals surface area contributed by atoms with Gasteiger partial charge in [0.2, 0.25) is 0 Å². The lowest BCUT2D eigenvalue weighted by atomic mass is 10.0. The number of benzene rings is 1. The maximum Gasteiger partial charge on any atom is 0.166 e. The van der Waals surface area contributed by atoms with Gasteiger partial charge in [0.15, 0.2) is 11.6 Å². The van der Waals surface area contributed by atoms with E-state index in [1.165, 1.54) is 17.4 Å². The zero-order valence-electron chi connectivity index (χ0n) is 21.5. The third-order valence-electron chi connectivity index (χ3n) is 6.15. The Labute approximate surface area is 225 Å². The van der Waals surface area contributed by atoms with Crippen molar-refractivity contribution in [3.63, 3.8) is 0 Å². The Bertz CT molecular complexity index is 1530. The summed E-state index contributed by atoms with van der Waals surface area (Å²) in [6, 6.07) is 12.4. The summed E-state index contributed by atoms with van der Waals surface area (Å²) in [5.74, 6) is 0.115. The van der Waals surface area contributed by atoms with Crippen molar-refractivity contribution >= 4 is 33.0 Å². The number of nitrogens with zero attached hydrogens (tertiary/aromatic N) is 3. The molecule has 0 fully saturated rings. The minimum absolute atomic E-state index is 0.00332. The quantitative estimate of drug-likeness (QED) is 0.220. The van der Waals surface area contributed by atoms with Crippen molar-refractivity contribution in [2.45, 2.75) is 39.7 Å². The van der Waals surface area contributed by atoms with Gasteiger partial charge >= 0.3 is 0 Å². The Hall–Kier alpha value is -3.75. The van der Waals surface area contributed by atoms with Crippen molar-refractivity contribution in [3.05, 3.63) is 83.5 Å². The molecule has 4 aromatic rings. The number of carbonyl (C=O) groups excluding carboxylic acids is 1. The molecule has 38 heavy (non-hydrogen) atoms. The fourth-order valence-corrected chi connectivity index (χ4v) is 5.30. The first-order chi connectivity index (χ1) is 18.5. The Morgan fingerprint density at radius 3 is 2.68 bits per heavy atom. The molecule has 4 heterocycles. The number of Topliss-reactive ketones (excluding diaryl/α,β-unsaturated/α-hetero) is 1. The Morgan fingerprint density at radius 1 is 1.08 bits per heavy atom. The van der Waals surface area contributed by atoms with Crippen molar-refractivity contribution in [1.82, 2.24) is 15.3 Å². The number of aliphatic imine (C=N–C) groups is 1. The van der Waals surface area contributed by atoms with E-state index in [9.17, 15) is 9.18 Å². The molecule has 0 atom stereocenters. The van der Waals surface area contributed by atoms with Gasteiger partial charge in [0.1, 0.15) is 11.5 Å². The summed E-state index contributed by atoms with van der Waals surface area (Å²) >= 11 is 1.51. The van der Waals surface area contributed by atoms with E-state index >= 15 is 0 Å². The molecule has 8 heteroatoms. The van der Waals surface area contributed by atoms with Crippen LogP contribution in [0.3, 0.4) is 0 Å². The van der Waals surface area contributed by atoms with Crippen LogP contribution in [0, 0.1) is 5.82 Å². The monoisotopic (exact) mass is 528 g/mol. The van der Waals surface area contributed by atoms with Crippen molar-refractivity contribution in [2.24, 2.45) is 4.99 Å². The molecule has 1 aromatic carbocycles. The Morgan fingerprint density at radius 2 is 1.95 bits per heavy atom. The van der Waals surface area contributed by atoms with Crippen LogP contribution >= 0.6 is 11.3 Å². The van der Waals surface area contributed by atoms with Gasteiger partial charge in [0.25, 0.3) is 0 Å². The van der Waals surface area contributed by atoms with Crippen molar-refractivity contribution in [3.8, 4) is 22.1 Å². The molecular weight excluding hydrogens is 499 g/mol. The number of carbonyl (C=O) groups is 1. The first kappa shape index (κ1) is 25.9. The molecule has 0 saturated heterocycles. The topological polar surface area (TPSA) is 76.5 Å². The molecule has 6 nitrogen and oxygen atoms in total. The molecule has 0 saturated carbocycles. The van der Waals surface area contributed by atoms with Gasteiger partial charge in [-0.2, -0.15) is 0 Å². The van der Waals surface area contributed by atoms with Crippen molar-refractivity contribution in [1.29, 1.82) is 0 Å². The summed E-state index contributed by atoms with van der Waals surface area (Å²) in [6.45, 7) is 6.54. The van der Waals surface area contributed by atoms with E-state index in [0.717, 1.165) is 57.1 Å². The molecule has 0 spiro atoms. The predicted molar refractivity (Wildman–Crippen MR) is 151 cm³/mol. The average molecular weight is 529 g/mol. The summed E-state index contributed by atoms with van der Waals surface area (Å²) in [4.78, 5) is 26.8. The lowest BCUT2D eigenvalue weighted by Crippen LogP contribution is -2.13. The number of rotatable bonds is 11. The average Bonchev–Trinajstić information content (AvgIpc) is 3.52. The lowest BCUT2D eigenvalue weighted by molar-refractivity contribution is -0.117. The zero-order valence-corrected chi connectivity index (χ0v) is 22.3. The van der Waals surface area contributed by atoms with Gasteiger partial charge in [0.05, 0.1) is 27.3 Å². The van der Waals surface area contributed by atoms with Gasteiger partial charge in [-0.15, -0.1) is 11.3 Å². The molecule has 3 aromatic heterocycles. The summed E-state index contributed by atoms with van der Waals surface area (Å²) in [5.41, 5.74) is 5.29. The number of hydrogen-bond donors (Lipinski definition) is 1. The summed E-state index contributed by atoms with van der Waals surface area (Å²) in [5, 5.41) is 3.38. The highest BCUT2D eigenvalue weighted by atomic mass is 32.1. The second-order valence-electron chi connectivity index (χ2n) is 9.42. The Balaban J connectivity index is 1.29. The van der Waals surface area contributed by atoms with Gasteiger partial charge in [-0.25, -0.2) is 4.39 Å². The lowest BCUT2D eigenvalue weighted by Gasteiger charge is -2.09. The largest absolute Gasteiger partial charge is 0.453 e. The first-order valence-corrected chi connectivity index (χ1v) is 13.5. The van der Waals surface area contributed by atoms with Gasteiger partial charge in [-0.3, -0.25) is 19.8 Å². The van der Waals surface area contributed by atoms with Crippen LogP contribution in [0.4, 0.5) is 4.39 Å². The number of fused-ring (bicyclic) bond motifs is 1. The number of ketones is 1. The number of halogens is 1. The second kappa shape index (κ2) is 11.8. The van der Waals surface area contributed by atoms with E-state index in [2.05, 4.69) is 33.3 Å². The fraction of sp³-hybridized carbons (Fsp3) is 0.267. The molecule has 0 unspecified atom stereocenters. The number of ether oxygens (including phenoxy) is 1. The van der Waals surface area contributed by atoms with E-state index in [0.29, 0.717) is 17.9 Å². The summed E-state index contributed by atoms with van der Waals surface area (Å²) in [7, 11) is 0. The number of thiophene rings is 1. The van der Waals surface area contributed by atoms with E-state index < -0.39 is 5.82 Å². The second-order valence-corrected chi connectivity index (χ2v) is 10.5. The fourth-order valence-electron chi connectivity index (χ4n) is 4.26. The van der Waals surface area contributed by atoms with Crippen LogP contribution in [0.25, 0.3) is 20.8 Å². The van der Waals surface area contributed by atoms with E-state index in [1.807, 2.05) is 31.3 Å². The molecule has 1 aliphatic rings. The minimum atomic E-state index is -0.514. The van der Waals surface area contributed by atoms with Gasteiger partial charge in [-0.05, 0) is 61.4 Å². The highest BCUT2D eigenvalue weighted by Gasteiger charge is 2.15. The number of hydrogen-bond acceptors (Lipinski definition) is 7. The highest BCUT2D eigenvalue weighted by Crippen LogP contribution is 2.39. The summed E-state index contributed by atoms with van der Waals surface area (Å²) in [6.07, 6.45) is 6.98. The van der Waals surface area contributed by atoms with Gasteiger partial charge in [0, 0.05) is 43.6 Å². The Kier molecular flexibility index (Phi) is 8.00. The zero-order chi connectivity index (χ0) is 26.5. The van der Waals surface area contributed by atoms with Crippen LogP contribution in [0.15, 0.2) is 71.5 Å². The van der Waals surface area contributed by atoms with Crippen LogP contribution in [-0.2, 0) is 17.8 Å². The van der Waals surface area contributed by atoms with E-state index in [-0.39, 0.29) is 24.4 Å². The van der Waals surface area contributed by atoms with Crippen LogP contribution in [0.2, 0.25) is 0 Å². The number of pyridine rings is 2. The molecule has 0 amide bonds. The molecule has 0 aliphatic carbocycles. The van der Waals surface area contributed by atoms with E-state index in [4.69, 9.17) is 4.74 Å². The smallest absolute Gasteiger partial charge is 0.166 e. The predicted octanol–water partition coefficient (Wildman–Crippen LogP) is 6.69. The van der Waals surface area contributed by atoms with Crippen molar-refractivity contribution in [2.75, 3.05) is 13.1 Å². The van der Waals surface area contributed by atoms with Gasteiger partial charge < -0.3 is 10.1 Å². The van der Waals surface area contributed by atoms with Crippen LogP contribution in [-0.4, -0.2) is 34.6 Å². The molecule has 0 bridgehead atoms. The normalized spacial score (nSPS) is 13.0. The molecule has 1 N–H and O–H groups in total. The molecule has 0 radical (unpaired) electrons. The number of nitrogens with one attached hydrogen (secondary N) is 1. The van der Waals surface area contributed by atoms with Gasteiger partial charge in [-0.1, -0.05) is 24.6 Å². The molecule has 5 rings (SSSR count). The maximum atomic E-state index is 15.0. The first-order valence-electron chi connectivity index (χ1n) is 12.7. The molecule has 1 aliphatic heterocycles. The summed E-state index contributed by atoms with van der Waals surface area (Å²) < 4.78 is 21.8. The maximum absolute atomic E-state index is 15.0. The highest BCUT2D eigenvalue weighted by molar-refractivity contribution is 7.22. The third kappa shape index (κ3) is 6.20. The number of aromatic nitrogens is 2. The van der Waals surface area contributed by atoms with E-state index in [1.54, 1.807) is 24.4 Å².